The van der Waals surface area contributed by atoms with E-state index in [0.717, 1.165) is 39.3 Å². The summed E-state index contributed by atoms with van der Waals surface area (Å²) in [5, 5.41) is 15.1. The summed E-state index contributed by atoms with van der Waals surface area (Å²) in [4.78, 5) is 14.4. The highest BCUT2D eigenvalue weighted by Crippen LogP contribution is 2.37. The molecule has 0 aliphatic rings. The van der Waals surface area contributed by atoms with Gasteiger partial charge in [-0.3, -0.25) is 0 Å². The van der Waals surface area contributed by atoms with Crippen molar-refractivity contribution in [2.45, 2.75) is 19.8 Å². The van der Waals surface area contributed by atoms with Crippen LogP contribution in [-0.2, 0) is 11.2 Å². The quantitative estimate of drug-likeness (QED) is 0.390. The highest BCUT2D eigenvalue weighted by atomic mass is 35.5. The molecule has 0 aliphatic carbocycles. The zero-order chi connectivity index (χ0) is 20.9. The van der Waals surface area contributed by atoms with Crippen LogP contribution in [0.5, 0.6) is 0 Å². The van der Waals surface area contributed by atoms with Crippen LogP contribution in [0.4, 0.5) is 0 Å². The number of esters is 1. The molecule has 8 heteroatoms. The third-order valence-corrected chi connectivity index (χ3v) is 5.88. The van der Waals surface area contributed by atoms with Gasteiger partial charge in [0.05, 0.1) is 17.0 Å². The number of hydrogen-bond acceptors (Lipinski definition) is 6. The molecule has 0 saturated carbocycles. The van der Waals surface area contributed by atoms with Crippen LogP contribution in [0.25, 0.3) is 21.8 Å². The lowest BCUT2D eigenvalue weighted by molar-refractivity contribution is 0.0505. The maximum absolute atomic E-state index is 12.3. The molecule has 0 radical (unpaired) electrons. The predicted octanol–water partition coefficient (Wildman–Crippen LogP) is 5.41. The first kappa shape index (κ1) is 20.3. The second-order valence-corrected chi connectivity index (χ2v) is 8.28. The van der Waals surface area contributed by atoms with Crippen LogP contribution < -0.4 is 0 Å². The van der Waals surface area contributed by atoms with Crippen molar-refractivity contribution in [2.24, 2.45) is 0 Å². The van der Waals surface area contributed by atoms with Crippen LogP contribution in [0.15, 0.2) is 54.6 Å². The Morgan fingerprint density at radius 2 is 2.00 bits per heavy atom. The lowest BCUT2D eigenvalue weighted by atomic mass is 10.0. The normalized spacial score (nSPS) is 10.9. The summed E-state index contributed by atoms with van der Waals surface area (Å²) in [5.41, 5.74) is 3.64. The maximum atomic E-state index is 12.3. The van der Waals surface area contributed by atoms with Gasteiger partial charge >= 0.3 is 5.97 Å². The monoisotopic (exact) mass is 438 g/mol. The van der Waals surface area contributed by atoms with Gasteiger partial charge in [-0.15, -0.1) is 21.5 Å². The van der Waals surface area contributed by atoms with Gasteiger partial charge in [0.25, 0.3) is 0 Å². The van der Waals surface area contributed by atoms with Gasteiger partial charge in [0.15, 0.2) is 0 Å². The number of aromatic nitrogens is 4. The first-order valence-corrected chi connectivity index (χ1v) is 10.7. The van der Waals surface area contributed by atoms with E-state index in [-0.39, 0.29) is 5.97 Å². The SMILES string of the molecule is CCCOC(=O)c1cccc(-c2cc(-c3nn[nH]n3)sc2Cc2ccc(Cl)cc2)c1. The fourth-order valence-electron chi connectivity index (χ4n) is 3.06. The van der Waals surface area contributed by atoms with E-state index < -0.39 is 0 Å². The van der Waals surface area contributed by atoms with Crippen molar-refractivity contribution < 1.29 is 9.53 Å². The van der Waals surface area contributed by atoms with E-state index in [1.54, 1.807) is 17.4 Å². The molecule has 0 bridgehead atoms. The summed E-state index contributed by atoms with van der Waals surface area (Å²) in [7, 11) is 0. The number of benzene rings is 2. The number of carbonyl (C=O) groups excluding carboxylic acids is 1. The third kappa shape index (κ3) is 4.58. The van der Waals surface area contributed by atoms with Gasteiger partial charge in [-0.05, 0) is 58.7 Å². The number of halogens is 1. The highest BCUT2D eigenvalue weighted by Gasteiger charge is 2.17. The summed E-state index contributed by atoms with van der Waals surface area (Å²) in [5.74, 6) is 0.230. The Kier molecular flexibility index (Phi) is 6.21. The standard InChI is InChI=1S/C22H19ClN4O2S/c1-2-10-29-22(28)16-5-3-4-15(12-16)18-13-20(21-24-26-27-25-21)30-19(18)11-14-6-8-17(23)9-7-14/h3-9,12-13H,2,10-11H2,1H3,(H,24,25,26,27). The number of ether oxygens (including phenoxy) is 1. The van der Waals surface area contributed by atoms with Crippen LogP contribution in [0, 0.1) is 0 Å². The van der Waals surface area contributed by atoms with Crippen molar-refractivity contribution >= 4 is 28.9 Å². The Balaban J connectivity index is 1.72. The molecule has 0 saturated heterocycles. The Morgan fingerprint density at radius 1 is 1.17 bits per heavy atom. The molecule has 0 aliphatic heterocycles. The minimum absolute atomic E-state index is 0.313. The summed E-state index contributed by atoms with van der Waals surface area (Å²) in [6.45, 7) is 2.38. The summed E-state index contributed by atoms with van der Waals surface area (Å²) in [6.07, 6.45) is 1.51. The molecule has 0 unspecified atom stereocenters. The molecule has 2 aromatic carbocycles. The average molecular weight is 439 g/mol. The van der Waals surface area contributed by atoms with Crippen molar-refractivity contribution in [3.05, 3.63) is 75.6 Å². The first-order chi connectivity index (χ1) is 14.6. The smallest absolute Gasteiger partial charge is 0.338 e. The van der Waals surface area contributed by atoms with Crippen molar-refractivity contribution in [3.8, 4) is 21.8 Å². The molecule has 30 heavy (non-hydrogen) atoms. The number of hydrogen-bond donors (Lipinski definition) is 1. The molecule has 4 aromatic rings. The van der Waals surface area contributed by atoms with E-state index in [0.29, 0.717) is 23.0 Å². The van der Waals surface area contributed by atoms with Gasteiger partial charge in [-0.2, -0.15) is 5.21 Å². The summed E-state index contributed by atoms with van der Waals surface area (Å²) >= 11 is 7.63. The molecular formula is C22H19ClN4O2S. The van der Waals surface area contributed by atoms with Crippen molar-refractivity contribution in [3.63, 3.8) is 0 Å². The van der Waals surface area contributed by atoms with Gasteiger partial charge in [0.2, 0.25) is 5.82 Å². The minimum Gasteiger partial charge on any atom is -0.462 e. The van der Waals surface area contributed by atoms with Gasteiger partial charge in [0, 0.05) is 16.3 Å². The lowest BCUT2D eigenvalue weighted by Crippen LogP contribution is -2.05. The Labute approximate surface area is 182 Å². The van der Waals surface area contributed by atoms with E-state index >= 15 is 0 Å². The number of aromatic amines is 1. The number of rotatable bonds is 7. The second-order valence-electron chi connectivity index (χ2n) is 6.70. The van der Waals surface area contributed by atoms with Crippen LogP contribution in [0.2, 0.25) is 5.02 Å². The fraction of sp³-hybridized carbons (Fsp3) is 0.182. The topological polar surface area (TPSA) is 80.8 Å². The fourth-order valence-corrected chi connectivity index (χ4v) is 4.33. The van der Waals surface area contributed by atoms with E-state index in [1.807, 2.05) is 55.5 Å². The number of carbonyl (C=O) groups is 1. The molecule has 6 nitrogen and oxygen atoms in total. The number of H-pyrrole nitrogens is 1. The zero-order valence-electron chi connectivity index (χ0n) is 16.3. The van der Waals surface area contributed by atoms with Crippen molar-refractivity contribution in [1.82, 2.24) is 20.6 Å². The molecular weight excluding hydrogens is 420 g/mol. The van der Waals surface area contributed by atoms with Crippen LogP contribution >= 0.6 is 22.9 Å². The number of tetrazole rings is 1. The molecule has 2 heterocycles. The van der Waals surface area contributed by atoms with Gasteiger partial charge < -0.3 is 4.74 Å². The van der Waals surface area contributed by atoms with Gasteiger partial charge in [0.1, 0.15) is 0 Å². The Bertz CT molecular complexity index is 1140. The van der Waals surface area contributed by atoms with Crippen LogP contribution in [0.3, 0.4) is 0 Å². The number of nitrogens with zero attached hydrogens (tertiary/aromatic N) is 3. The van der Waals surface area contributed by atoms with Crippen LogP contribution in [-0.4, -0.2) is 33.2 Å². The Hall–Kier alpha value is -3.03. The number of nitrogens with one attached hydrogen (secondary N) is 1. The lowest BCUT2D eigenvalue weighted by Gasteiger charge is -2.07. The molecule has 0 fully saturated rings. The largest absolute Gasteiger partial charge is 0.462 e. The first-order valence-electron chi connectivity index (χ1n) is 9.52. The van der Waals surface area contributed by atoms with E-state index in [9.17, 15) is 4.79 Å². The molecule has 0 amide bonds. The Morgan fingerprint density at radius 3 is 2.73 bits per heavy atom. The molecule has 1 N–H and O–H groups in total. The van der Waals surface area contributed by atoms with Gasteiger partial charge in [-0.1, -0.05) is 42.8 Å². The second kappa shape index (κ2) is 9.19. The van der Waals surface area contributed by atoms with Crippen molar-refractivity contribution in [2.75, 3.05) is 6.61 Å². The minimum atomic E-state index is -0.313. The summed E-state index contributed by atoms with van der Waals surface area (Å²) in [6, 6.07) is 17.3. The van der Waals surface area contributed by atoms with Crippen LogP contribution in [0.1, 0.15) is 34.1 Å². The maximum Gasteiger partial charge on any atom is 0.338 e. The highest BCUT2D eigenvalue weighted by molar-refractivity contribution is 7.16. The van der Waals surface area contributed by atoms with Gasteiger partial charge in [-0.25, -0.2) is 4.79 Å². The predicted molar refractivity (Wildman–Crippen MR) is 118 cm³/mol. The van der Waals surface area contributed by atoms with Crippen molar-refractivity contribution in [1.29, 1.82) is 0 Å². The molecule has 0 atom stereocenters. The molecule has 152 valence electrons. The van der Waals surface area contributed by atoms with E-state index in [2.05, 4.69) is 20.6 Å². The third-order valence-electron chi connectivity index (χ3n) is 4.50. The molecule has 0 spiro atoms. The van der Waals surface area contributed by atoms with E-state index in [4.69, 9.17) is 16.3 Å². The molecule has 2 aromatic heterocycles. The molecule has 4 rings (SSSR count). The number of thiophene rings is 1. The average Bonchev–Trinajstić information content (AvgIpc) is 3.44. The zero-order valence-corrected chi connectivity index (χ0v) is 17.8. The van der Waals surface area contributed by atoms with E-state index in [1.165, 1.54) is 0 Å². The summed E-state index contributed by atoms with van der Waals surface area (Å²) < 4.78 is 5.29.